The highest BCUT2D eigenvalue weighted by Crippen LogP contribution is 2.35. The molecule has 0 saturated heterocycles. The molecule has 1 atom stereocenters. The second kappa shape index (κ2) is 5.39. The summed E-state index contributed by atoms with van der Waals surface area (Å²) in [5.41, 5.74) is 2.98. The second-order valence-corrected chi connectivity index (χ2v) is 5.62. The van der Waals surface area contributed by atoms with Gasteiger partial charge < -0.3 is 10.1 Å². The number of fused-ring (bicyclic) bond motifs is 3. The zero-order chi connectivity index (χ0) is 15.8. The summed E-state index contributed by atoms with van der Waals surface area (Å²) >= 11 is 0. The van der Waals surface area contributed by atoms with Crippen LogP contribution in [0.25, 0.3) is 17.1 Å². The lowest BCUT2D eigenvalue weighted by Crippen LogP contribution is -2.09. The van der Waals surface area contributed by atoms with Crippen LogP contribution in [0.4, 0.5) is 5.69 Å². The Bertz CT molecular complexity index is 843. The molecular weight excluding hydrogens is 290 g/mol. The van der Waals surface area contributed by atoms with E-state index in [0.717, 1.165) is 40.9 Å². The predicted octanol–water partition coefficient (Wildman–Crippen LogP) is 2.87. The van der Waals surface area contributed by atoms with Crippen LogP contribution in [0.15, 0.2) is 42.7 Å². The van der Waals surface area contributed by atoms with Crippen molar-refractivity contribution in [3.8, 4) is 22.8 Å². The number of ether oxygens (including phenoxy) is 1. The van der Waals surface area contributed by atoms with Gasteiger partial charge in [0.15, 0.2) is 5.82 Å². The predicted molar refractivity (Wildman–Crippen MR) is 88.0 cm³/mol. The monoisotopic (exact) mass is 307 g/mol. The first-order valence-corrected chi connectivity index (χ1v) is 7.56. The van der Waals surface area contributed by atoms with Gasteiger partial charge in [0.05, 0.1) is 18.5 Å². The van der Waals surface area contributed by atoms with Crippen molar-refractivity contribution in [1.82, 2.24) is 19.7 Å². The Morgan fingerprint density at radius 3 is 2.96 bits per heavy atom. The highest BCUT2D eigenvalue weighted by atomic mass is 16.5. The summed E-state index contributed by atoms with van der Waals surface area (Å²) in [6.07, 6.45) is 3.57. The zero-order valence-electron chi connectivity index (χ0n) is 13.0. The van der Waals surface area contributed by atoms with Crippen LogP contribution in [-0.4, -0.2) is 33.4 Å². The third-order valence-corrected chi connectivity index (χ3v) is 4.09. The van der Waals surface area contributed by atoms with E-state index in [-0.39, 0.29) is 5.92 Å². The number of methoxy groups -OCH3 is 1. The molecule has 116 valence electrons. The van der Waals surface area contributed by atoms with Gasteiger partial charge in [0.1, 0.15) is 11.6 Å². The fourth-order valence-electron chi connectivity index (χ4n) is 2.87. The van der Waals surface area contributed by atoms with Crippen LogP contribution in [0.5, 0.6) is 5.75 Å². The van der Waals surface area contributed by atoms with Crippen LogP contribution in [0.3, 0.4) is 0 Å². The maximum Gasteiger partial charge on any atom is 0.170 e. The minimum absolute atomic E-state index is 0.242. The Labute approximate surface area is 134 Å². The molecule has 0 aliphatic carbocycles. The summed E-state index contributed by atoms with van der Waals surface area (Å²) < 4.78 is 7.45. The SMILES string of the molecule is COc1ccc2c(c1)NC[C@@H](C)c1nnc(-c3cccnc3)n1-2. The molecule has 1 aromatic carbocycles. The molecule has 1 aliphatic rings. The zero-order valence-corrected chi connectivity index (χ0v) is 13.0. The molecule has 0 unspecified atom stereocenters. The lowest BCUT2D eigenvalue weighted by Gasteiger charge is -2.13. The number of pyridine rings is 1. The molecule has 0 amide bonds. The van der Waals surface area contributed by atoms with Crippen molar-refractivity contribution in [3.05, 3.63) is 48.5 Å². The lowest BCUT2D eigenvalue weighted by molar-refractivity contribution is 0.415. The van der Waals surface area contributed by atoms with E-state index in [4.69, 9.17) is 4.74 Å². The molecule has 1 aliphatic heterocycles. The highest BCUT2D eigenvalue weighted by Gasteiger charge is 2.25. The standard InChI is InChI=1S/C17H17N5O/c1-11-9-19-14-8-13(23-2)5-6-15(14)22-16(11)20-21-17(22)12-4-3-7-18-10-12/h3-8,10-11,19H,9H2,1-2H3/t11-/m1/s1. The van der Waals surface area contributed by atoms with Gasteiger partial charge in [-0.05, 0) is 24.3 Å². The van der Waals surface area contributed by atoms with Gasteiger partial charge in [0, 0.05) is 36.5 Å². The van der Waals surface area contributed by atoms with E-state index in [1.165, 1.54) is 0 Å². The topological polar surface area (TPSA) is 64.9 Å². The van der Waals surface area contributed by atoms with Crippen LogP contribution in [0.1, 0.15) is 18.7 Å². The van der Waals surface area contributed by atoms with E-state index in [1.807, 2.05) is 36.5 Å². The molecular formula is C17H17N5O. The fraction of sp³-hybridized carbons (Fsp3) is 0.235. The van der Waals surface area contributed by atoms with Crippen molar-refractivity contribution in [1.29, 1.82) is 0 Å². The number of nitrogens with one attached hydrogen (secondary N) is 1. The maximum absolute atomic E-state index is 5.34. The van der Waals surface area contributed by atoms with Gasteiger partial charge in [0.2, 0.25) is 0 Å². The van der Waals surface area contributed by atoms with Gasteiger partial charge in [0.25, 0.3) is 0 Å². The second-order valence-electron chi connectivity index (χ2n) is 5.62. The minimum atomic E-state index is 0.242. The Hall–Kier alpha value is -2.89. The Morgan fingerprint density at radius 1 is 1.26 bits per heavy atom. The molecule has 6 heteroatoms. The first kappa shape index (κ1) is 13.8. The third-order valence-electron chi connectivity index (χ3n) is 4.09. The van der Waals surface area contributed by atoms with E-state index < -0.39 is 0 Å². The molecule has 0 spiro atoms. The quantitative estimate of drug-likeness (QED) is 0.788. The average Bonchev–Trinajstić information content (AvgIpc) is 2.99. The molecule has 1 N–H and O–H groups in total. The van der Waals surface area contributed by atoms with Gasteiger partial charge in [-0.15, -0.1) is 10.2 Å². The maximum atomic E-state index is 5.34. The van der Waals surface area contributed by atoms with Gasteiger partial charge in [-0.2, -0.15) is 0 Å². The normalized spacial score (nSPS) is 16.0. The van der Waals surface area contributed by atoms with Crippen LogP contribution in [0.2, 0.25) is 0 Å². The summed E-state index contributed by atoms with van der Waals surface area (Å²) in [4.78, 5) is 4.20. The summed E-state index contributed by atoms with van der Waals surface area (Å²) in [5.74, 6) is 2.81. The number of benzene rings is 1. The summed E-state index contributed by atoms with van der Waals surface area (Å²) in [6.45, 7) is 2.94. The highest BCUT2D eigenvalue weighted by molar-refractivity contribution is 5.69. The van der Waals surface area contributed by atoms with Crippen molar-refractivity contribution in [3.63, 3.8) is 0 Å². The number of hydrogen-bond acceptors (Lipinski definition) is 5. The van der Waals surface area contributed by atoms with E-state index in [2.05, 4.69) is 32.0 Å². The third kappa shape index (κ3) is 2.23. The smallest absolute Gasteiger partial charge is 0.170 e. The Kier molecular flexibility index (Phi) is 3.22. The molecule has 2 aromatic heterocycles. The Balaban J connectivity index is 1.96. The fourth-order valence-corrected chi connectivity index (χ4v) is 2.87. The molecule has 3 aromatic rings. The van der Waals surface area contributed by atoms with E-state index in [9.17, 15) is 0 Å². The van der Waals surface area contributed by atoms with Gasteiger partial charge in [-0.1, -0.05) is 6.92 Å². The number of nitrogens with zero attached hydrogens (tertiary/aromatic N) is 4. The van der Waals surface area contributed by atoms with Gasteiger partial charge in [-0.3, -0.25) is 9.55 Å². The van der Waals surface area contributed by atoms with Crippen LogP contribution >= 0.6 is 0 Å². The van der Waals surface area contributed by atoms with Crippen molar-refractivity contribution in [2.75, 3.05) is 19.0 Å². The number of anilines is 1. The number of rotatable bonds is 2. The van der Waals surface area contributed by atoms with Crippen LogP contribution in [0, 0.1) is 0 Å². The summed E-state index contributed by atoms with van der Waals surface area (Å²) in [6, 6.07) is 9.89. The molecule has 0 bridgehead atoms. The Morgan fingerprint density at radius 2 is 2.17 bits per heavy atom. The van der Waals surface area contributed by atoms with E-state index in [0.29, 0.717) is 0 Å². The van der Waals surface area contributed by atoms with Crippen LogP contribution in [-0.2, 0) is 0 Å². The van der Waals surface area contributed by atoms with Crippen LogP contribution < -0.4 is 10.1 Å². The summed E-state index contributed by atoms with van der Waals surface area (Å²) in [5, 5.41) is 12.3. The first-order chi connectivity index (χ1) is 11.3. The molecule has 6 nitrogen and oxygen atoms in total. The first-order valence-electron chi connectivity index (χ1n) is 7.56. The molecule has 0 radical (unpaired) electrons. The lowest BCUT2D eigenvalue weighted by atomic mass is 10.1. The molecule has 4 rings (SSSR count). The number of aromatic nitrogens is 4. The minimum Gasteiger partial charge on any atom is -0.497 e. The largest absolute Gasteiger partial charge is 0.497 e. The van der Waals surface area contributed by atoms with Gasteiger partial charge in [-0.25, -0.2) is 0 Å². The van der Waals surface area contributed by atoms with E-state index >= 15 is 0 Å². The molecule has 23 heavy (non-hydrogen) atoms. The van der Waals surface area contributed by atoms with Crippen molar-refractivity contribution < 1.29 is 4.74 Å². The molecule has 0 saturated carbocycles. The molecule has 0 fully saturated rings. The van der Waals surface area contributed by atoms with Gasteiger partial charge >= 0.3 is 0 Å². The molecule has 3 heterocycles. The van der Waals surface area contributed by atoms with E-state index in [1.54, 1.807) is 13.3 Å². The van der Waals surface area contributed by atoms with Crippen molar-refractivity contribution in [2.45, 2.75) is 12.8 Å². The number of hydrogen-bond donors (Lipinski definition) is 1. The summed E-state index contributed by atoms with van der Waals surface area (Å²) in [7, 11) is 1.67. The van der Waals surface area contributed by atoms with Crippen molar-refractivity contribution >= 4 is 5.69 Å². The average molecular weight is 307 g/mol. The van der Waals surface area contributed by atoms with Crippen molar-refractivity contribution in [2.24, 2.45) is 0 Å².